The van der Waals surface area contributed by atoms with Crippen molar-refractivity contribution < 1.29 is 28.6 Å². The van der Waals surface area contributed by atoms with E-state index in [1.54, 1.807) is 42.5 Å². The van der Waals surface area contributed by atoms with Crippen LogP contribution < -0.4 is 14.4 Å². The highest BCUT2D eigenvalue weighted by molar-refractivity contribution is 7.22. The van der Waals surface area contributed by atoms with Crippen molar-refractivity contribution in [2.75, 3.05) is 19.1 Å². The number of ketones is 1. The minimum Gasteiger partial charge on any atom is -0.507 e. The van der Waals surface area contributed by atoms with Gasteiger partial charge in [0.1, 0.15) is 29.1 Å². The summed E-state index contributed by atoms with van der Waals surface area (Å²) in [6.07, 6.45) is 0. The van der Waals surface area contributed by atoms with Crippen molar-refractivity contribution in [1.82, 2.24) is 4.98 Å². The number of hydrogen-bond donors (Lipinski definition) is 1. The second kappa shape index (κ2) is 9.25. The molecule has 10 heteroatoms. The highest BCUT2D eigenvalue weighted by atomic mass is 35.5. The Morgan fingerprint density at radius 2 is 1.81 bits per heavy atom. The summed E-state index contributed by atoms with van der Waals surface area (Å²) >= 11 is 7.04. The Morgan fingerprint density at radius 3 is 2.50 bits per heavy atom. The standard InChI is InChI=1S/C26H18ClFN2O5S/c1-34-16-8-10-19(35-2)17(12-16)22-21(23(31)13-3-5-14(27)6-4-13)24(32)25(33)30(22)26-29-18-9-7-15(28)11-20(18)36-26/h3-12,22,31H,1-2H3/b23-21+/t22-/m1/s1. The fraction of sp³-hybridized carbons (Fsp3) is 0.115. The number of aliphatic hydroxyl groups excluding tert-OH is 1. The van der Waals surface area contributed by atoms with Crippen LogP contribution in [0.25, 0.3) is 16.0 Å². The molecule has 1 fully saturated rings. The van der Waals surface area contributed by atoms with Crippen molar-refractivity contribution in [2.45, 2.75) is 6.04 Å². The van der Waals surface area contributed by atoms with Gasteiger partial charge in [0.05, 0.1) is 30.0 Å². The number of Topliss-reactive ketones (excluding diaryl/α,β-unsaturated/α-hetero) is 1. The molecule has 0 radical (unpaired) electrons. The van der Waals surface area contributed by atoms with Crippen molar-refractivity contribution in [3.05, 3.63) is 88.2 Å². The Bertz CT molecular complexity index is 1550. The second-order valence-electron chi connectivity index (χ2n) is 7.89. The van der Waals surface area contributed by atoms with E-state index in [2.05, 4.69) is 4.98 Å². The first-order valence-corrected chi connectivity index (χ1v) is 11.9. The molecule has 4 aromatic rings. The van der Waals surface area contributed by atoms with Crippen LogP contribution in [0.2, 0.25) is 5.02 Å². The lowest BCUT2D eigenvalue weighted by atomic mass is 9.94. The lowest BCUT2D eigenvalue weighted by Gasteiger charge is -2.25. The largest absolute Gasteiger partial charge is 0.507 e. The molecule has 36 heavy (non-hydrogen) atoms. The Morgan fingerprint density at radius 1 is 1.06 bits per heavy atom. The summed E-state index contributed by atoms with van der Waals surface area (Å²) < 4.78 is 25.2. The number of ether oxygens (including phenoxy) is 2. The molecule has 0 saturated carbocycles. The molecule has 1 N–H and O–H groups in total. The van der Waals surface area contributed by atoms with Gasteiger partial charge in [0.15, 0.2) is 5.13 Å². The van der Waals surface area contributed by atoms with Crippen LogP contribution in [0, 0.1) is 5.82 Å². The fourth-order valence-electron chi connectivity index (χ4n) is 4.13. The van der Waals surface area contributed by atoms with Crippen molar-refractivity contribution in [1.29, 1.82) is 0 Å². The SMILES string of the molecule is COc1ccc(OC)c([C@@H]2/C(=C(\O)c3ccc(Cl)cc3)C(=O)C(=O)N2c2nc3ccc(F)cc3s2)c1. The number of aliphatic hydroxyl groups is 1. The van der Waals surface area contributed by atoms with Gasteiger partial charge in [-0.2, -0.15) is 0 Å². The lowest BCUT2D eigenvalue weighted by molar-refractivity contribution is -0.132. The molecule has 2 heterocycles. The maximum absolute atomic E-state index is 13.8. The Balaban J connectivity index is 1.78. The third-order valence-electron chi connectivity index (χ3n) is 5.84. The molecule has 7 nitrogen and oxygen atoms in total. The Hall–Kier alpha value is -3.95. The normalized spacial score (nSPS) is 17.1. The molecule has 0 unspecified atom stereocenters. The van der Waals surface area contributed by atoms with Crippen molar-refractivity contribution in [3.8, 4) is 11.5 Å². The molecular formula is C26H18ClFN2O5S. The van der Waals surface area contributed by atoms with Crippen molar-refractivity contribution >= 4 is 55.7 Å². The van der Waals surface area contributed by atoms with Gasteiger partial charge in [-0.05, 0) is 60.7 Å². The van der Waals surface area contributed by atoms with E-state index in [1.807, 2.05) is 0 Å². The molecule has 1 aromatic heterocycles. The fourth-order valence-corrected chi connectivity index (χ4v) is 5.27. The minimum absolute atomic E-state index is 0.153. The number of carbonyl (C=O) groups is 2. The number of aromatic nitrogens is 1. The third kappa shape index (κ3) is 3.96. The molecule has 182 valence electrons. The van der Waals surface area contributed by atoms with Crippen LogP contribution in [0.15, 0.2) is 66.2 Å². The first-order chi connectivity index (χ1) is 17.3. The summed E-state index contributed by atoms with van der Waals surface area (Å²) in [4.78, 5) is 32.5. The number of fused-ring (bicyclic) bond motifs is 1. The molecule has 1 aliphatic heterocycles. The molecule has 1 atom stereocenters. The van der Waals surface area contributed by atoms with E-state index in [4.69, 9.17) is 21.1 Å². The average Bonchev–Trinajstić information content (AvgIpc) is 3.41. The van der Waals surface area contributed by atoms with Gasteiger partial charge in [0.2, 0.25) is 0 Å². The smallest absolute Gasteiger partial charge is 0.301 e. The van der Waals surface area contributed by atoms with Crippen molar-refractivity contribution in [3.63, 3.8) is 0 Å². The van der Waals surface area contributed by atoms with Gasteiger partial charge in [-0.15, -0.1) is 0 Å². The van der Waals surface area contributed by atoms with Crippen LogP contribution in [-0.2, 0) is 9.59 Å². The summed E-state index contributed by atoms with van der Waals surface area (Å²) in [5.74, 6) is -1.80. The zero-order valence-corrected chi connectivity index (χ0v) is 20.6. The summed E-state index contributed by atoms with van der Waals surface area (Å²) in [6, 6.07) is 14.1. The summed E-state index contributed by atoms with van der Waals surface area (Å²) in [7, 11) is 2.94. The second-order valence-corrected chi connectivity index (χ2v) is 9.34. The van der Waals surface area contributed by atoms with E-state index in [0.29, 0.717) is 37.9 Å². The number of amides is 1. The minimum atomic E-state index is -1.10. The molecule has 0 bridgehead atoms. The van der Waals surface area contributed by atoms with E-state index in [1.165, 1.54) is 37.3 Å². The van der Waals surface area contributed by atoms with E-state index in [9.17, 15) is 19.1 Å². The Kier molecular flexibility index (Phi) is 6.11. The number of carbonyl (C=O) groups excluding carboxylic acids is 2. The van der Waals surface area contributed by atoms with Gasteiger partial charge in [0.25, 0.3) is 5.78 Å². The van der Waals surface area contributed by atoms with E-state index < -0.39 is 23.5 Å². The van der Waals surface area contributed by atoms with Crippen molar-refractivity contribution in [2.24, 2.45) is 0 Å². The first kappa shape index (κ1) is 23.8. The highest BCUT2D eigenvalue weighted by Gasteiger charge is 2.49. The van der Waals surface area contributed by atoms with Crippen LogP contribution in [0.3, 0.4) is 0 Å². The van der Waals surface area contributed by atoms with Gasteiger partial charge in [-0.1, -0.05) is 22.9 Å². The topological polar surface area (TPSA) is 89.0 Å². The number of benzene rings is 3. The Labute approximate surface area is 214 Å². The summed E-state index contributed by atoms with van der Waals surface area (Å²) in [5, 5.41) is 11.9. The monoisotopic (exact) mass is 524 g/mol. The van der Waals surface area contributed by atoms with Crippen LogP contribution >= 0.6 is 22.9 Å². The molecule has 1 aliphatic rings. The molecule has 0 aliphatic carbocycles. The molecule has 0 spiro atoms. The van der Waals surface area contributed by atoms with E-state index in [0.717, 1.165) is 11.3 Å². The molecule has 1 saturated heterocycles. The highest BCUT2D eigenvalue weighted by Crippen LogP contribution is 2.47. The first-order valence-electron chi connectivity index (χ1n) is 10.7. The number of rotatable bonds is 5. The number of nitrogens with zero attached hydrogens (tertiary/aromatic N) is 2. The quantitative estimate of drug-likeness (QED) is 0.204. The number of thiazole rings is 1. The number of methoxy groups -OCH3 is 2. The van der Waals surface area contributed by atoms with Gasteiger partial charge in [-0.3, -0.25) is 14.5 Å². The third-order valence-corrected chi connectivity index (χ3v) is 7.11. The average molecular weight is 525 g/mol. The maximum atomic E-state index is 13.8. The maximum Gasteiger partial charge on any atom is 0.301 e. The molecule has 5 rings (SSSR count). The number of anilines is 1. The van der Waals surface area contributed by atoms with Crippen LogP contribution in [0.1, 0.15) is 17.2 Å². The van der Waals surface area contributed by atoms with Crippen LogP contribution in [0.5, 0.6) is 11.5 Å². The van der Waals surface area contributed by atoms with E-state index >= 15 is 0 Å². The zero-order chi connectivity index (χ0) is 25.6. The van der Waals surface area contributed by atoms with Gasteiger partial charge >= 0.3 is 5.91 Å². The predicted molar refractivity (Wildman–Crippen MR) is 135 cm³/mol. The van der Waals surface area contributed by atoms with Crippen LogP contribution in [0.4, 0.5) is 9.52 Å². The van der Waals surface area contributed by atoms with Crippen LogP contribution in [-0.4, -0.2) is 36.0 Å². The molecule has 3 aromatic carbocycles. The lowest BCUT2D eigenvalue weighted by Crippen LogP contribution is -2.29. The predicted octanol–water partition coefficient (Wildman–Crippen LogP) is 5.73. The van der Waals surface area contributed by atoms with Gasteiger partial charge in [-0.25, -0.2) is 9.37 Å². The number of halogens is 2. The zero-order valence-electron chi connectivity index (χ0n) is 19.0. The van der Waals surface area contributed by atoms with E-state index in [-0.39, 0.29) is 16.5 Å². The summed E-state index contributed by atoms with van der Waals surface area (Å²) in [5.41, 5.74) is 1.01. The molecule has 1 amide bonds. The molecular weight excluding hydrogens is 507 g/mol. The number of hydrogen-bond acceptors (Lipinski definition) is 7. The van der Waals surface area contributed by atoms with Gasteiger partial charge < -0.3 is 14.6 Å². The van der Waals surface area contributed by atoms with Gasteiger partial charge in [0, 0.05) is 16.1 Å². The summed E-state index contributed by atoms with van der Waals surface area (Å²) in [6.45, 7) is 0.